The smallest absolute Gasteiger partial charge is 0.169 e. The molecule has 2 aromatic carbocycles. The molecule has 0 aliphatic rings. The molecule has 5 heteroatoms. The summed E-state index contributed by atoms with van der Waals surface area (Å²) in [5.74, 6) is 1.53. The third-order valence-electron chi connectivity index (χ3n) is 2.98. The van der Waals surface area contributed by atoms with E-state index in [0.717, 1.165) is 11.1 Å². The molecule has 0 radical (unpaired) electrons. The molecule has 1 heterocycles. The monoisotopic (exact) mass is 300 g/mol. The van der Waals surface area contributed by atoms with Crippen LogP contribution < -0.4 is 10.5 Å². The lowest BCUT2D eigenvalue weighted by Gasteiger charge is -2.08. The van der Waals surface area contributed by atoms with Gasteiger partial charge in [-0.05, 0) is 23.8 Å². The largest absolute Gasteiger partial charge is 0.487 e. The van der Waals surface area contributed by atoms with Crippen LogP contribution in [0.3, 0.4) is 0 Å². The fourth-order valence-corrected chi connectivity index (χ4v) is 2.17. The standard InChI is InChI=1S/C16H13ClN2O2/c17-13-8-12(15-9-16(18)19-21-15)6-7-14(13)20-10-11-4-2-1-3-5-11/h1-9H,10H2,(H2,18,19). The minimum atomic E-state index is 0.338. The molecular weight excluding hydrogens is 288 g/mol. The minimum Gasteiger partial charge on any atom is -0.487 e. The summed E-state index contributed by atoms with van der Waals surface area (Å²) >= 11 is 6.23. The molecule has 21 heavy (non-hydrogen) atoms. The van der Waals surface area contributed by atoms with Gasteiger partial charge in [0.25, 0.3) is 0 Å². The van der Waals surface area contributed by atoms with Gasteiger partial charge in [0.1, 0.15) is 12.4 Å². The highest BCUT2D eigenvalue weighted by molar-refractivity contribution is 6.32. The van der Waals surface area contributed by atoms with E-state index in [-0.39, 0.29) is 0 Å². The van der Waals surface area contributed by atoms with Crippen LogP contribution in [0.2, 0.25) is 5.02 Å². The predicted octanol–water partition coefficient (Wildman–Crippen LogP) is 4.16. The van der Waals surface area contributed by atoms with Gasteiger partial charge in [-0.2, -0.15) is 0 Å². The lowest BCUT2D eigenvalue weighted by Crippen LogP contribution is -1.95. The third kappa shape index (κ3) is 3.17. The maximum Gasteiger partial charge on any atom is 0.169 e. The zero-order chi connectivity index (χ0) is 14.7. The molecule has 2 N–H and O–H groups in total. The fraction of sp³-hybridized carbons (Fsp3) is 0.0625. The second kappa shape index (κ2) is 5.89. The van der Waals surface area contributed by atoms with E-state index in [9.17, 15) is 0 Å². The topological polar surface area (TPSA) is 61.3 Å². The molecule has 0 bridgehead atoms. The maximum atomic E-state index is 6.23. The number of ether oxygens (including phenoxy) is 1. The van der Waals surface area contributed by atoms with Gasteiger partial charge in [-0.15, -0.1) is 0 Å². The lowest BCUT2D eigenvalue weighted by molar-refractivity contribution is 0.306. The summed E-state index contributed by atoms with van der Waals surface area (Å²) < 4.78 is 10.8. The molecule has 0 aliphatic heterocycles. The average molecular weight is 301 g/mol. The first-order valence-electron chi connectivity index (χ1n) is 6.41. The van der Waals surface area contributed by atoms with Crippen LogP contribution in [0.15, 0.2) is 59.1 Å². The Bertz CT molecular complexity index is 741. The quantitative estimate of drug-likeness (QED) is 0.786. The Labute approximate surface area is 127 Å². The minimum absolute atomic E-state index is 0.338. The molecule has 1 aromatic heterocycles. The maximum absolute atomic E-state index is 6.23. The number of halogens is 1. The van der Waals surface area contributed by atoms with Crippen molar-refractivity contribution in [1.29, 1.82) is 0 Å². The van der Waals surface area contributed by atoms with Crippen molar-refractivity contribution in [3.05, 3.63) is 65.2 Å². The van der Waals surface area contributed by atoms with Gasteiger partial charge in [-0.1, -0.05) is 47.1 Å². The normalized spacial score (nSPS) is 10.5. The summed E-state index contributed by atoms with van der Waals surface area (Å²) in [7, 11) is 0. The molecule has 3 rings (SSSR count). The first kappa shape index (κ1) is 13.5. The SMILES string of the molecule is Nc1cc(-c2ccc(OCc3ccccc3)c(Cl)c2)on1. The lowest BCUT2D eigenvalue weighted by atomic mass is 10.1. The molecule has 106 valence electrons. The van der Waals surface area contributed by atoms with Crippen LogP contribution in [-0.4, -0.2) is 5.16 Å². The zero-order valence-corrected chi connectivity index (χ0v) is 11.9. The molecule has 0 unspecified atom stereocenters. The van der Waals surface area contributed by atoms with Gasteiger partial charge in [0.05, 0.1) is 5.02 Å². The van der Waals surface area contributed by atoms with Gasteiger partial charge < -0.3 is 15.0 Å². The van der Waals surface area contributed by atoms with Crippen LogP contribution in [0.5, 0.6) is 5.75 Å². The number of benzene rings is 2. The van der Waals surface area contributed by atoms with Crippen molar-refractivity contribution in [1.82, 2.24) is 5.16 Å². The van der Waals surface area contributed by atoms with Crippen molar-refractivity contribution in [2.75, 3.05) is 5.73 Å². The van der Waals surface area contributed by atoms with Crippen molar-refractivity contribution in [2.24, 2.45) is 0 Å². The second-order valence-corrected chi connectivity index (χ2v) is 4.94. The summed E-state index contributed by atoms with van der Waals surface area (Å²) in [5.41, 5.74) is 7.42. The van der Waals surface area contributed by atoms with E-state index in [2.05, 4.69) is 5.16 Å². The summed E-state index contributed by atoms with van der Waals surface area (Å²) in [6, 6.07) is 17.0. The van der Waals surface area contributed by atoms with Gasteiger partial charge in [-0.25, -0.2) is 0 Å². The molecule has 0 saturated carbocycles. The highest BCUT2D eigenvalue weighted by atomic mass is 35.5. The molecular formula is C16H13ClN2O2. The van der Waals surface area contributed by atoms with E-state index in [1.807, 2.05) is 36.4 Å². The van der Waals surface area contributed by atoms with Gasteiger partial charge in [0.15, 0.2) is 11.6 Å². The highest BCUT2D eigenvalue weighted by Gasteiger charge is 2.09. The molecule has 0 amide bonds. The number of nitrogen functional groups attached to an aromatic ring is 1. The van der Waals surface area contributed by atoms with E-state index in [4.69, 9.17) is 26.6 Å². The average Bonchev–Trinajstić information content (AvgIpc) is 2.93. The van der Waals surface area contributed by atoms with Crippen molar-refractivity contribution in [3.8, 4) is 17.1 Å². The number of hydrogen-bond donors (Lipinski definition) is 1. The van der Waals surface area contributed by atoms with E-state index in [1.54, 1.807) is 18.2 Å². The Morgan fingerprint density at radius 1 is 1.10 bits per heavy atom. The van der Waals surface area contributed by atoms with E-state index < -0.39 is 0 Å². The van der Waals surface area contributed by atoms with Gasteiger partial charge in [0.2, 0.25) is 0 Å². The summed E-state index contributed by atoms with van der Waals surface area (Å²) in [4.78, 5) is 0. The van der Waals surface area contributed by atoms with E-state index in [0.29, 0.717) is 29.0 Å². The molecule has 0 aliphatic carbocycles. The van der Waals surface area contributed by atoms with Crippen LogP contribution in [-0.2, 0) is 6.61 Å². The van der Waals surface area contributed by atoms with Crippen LogP contribution >= 0.6 is 11.6 Å². The Morgan fingerprint density at radius 2 is 1.90 bits per heavy atom. The first-order chi connectivity index (χ1) is 10.2. The predicted molar refractivity (Wildman–Crippen MR) is 82.1 cm³/mol. The van der Waals surface area contributed by atoms with Crippen LogP contribution in [0, 0.1) is 0 Å². The van der Waals surface area contributed by atoms with Crippen LogP contribution in [0.1, 0.15) is 5.56 Å². The third-order valence-corrected chi connectivity index (χ3v) is 3.28. The summed E-state index contributed by atoms with van der Waals surface area (Å²) in [6.07, 6.45) is 0. The van der Waals surface area contributed by atoms with Crippen molar-refractivity contribution in [2.45, 2.75) is 6.61 Å². The Balaban J connectivity index is 1.75. The number of nitrogens with two attached hydrogens (primary N) is 1. The molecule has 0 fully saturated rings. The summed E-state index contributed by atoms with van der Waals surface area (Å²) in [5, 5.41) is 4.16. The van der Waals surface area contributed by atoms with Gasteiger partial charge in [0, 0.05) is 11.6 Å². The van der Waals surface area contributed by atoms with Gasteiger partial charge >= 0.3 is 0 Å². The fourth-order valence-electron chi connectivity index (χ4n) is 1.93. The molecule has 3 aromatic rings. The Hall–Kier alpha value is -2.46. The Kier molecular flexibility index (Phi) is 3.79. The molecule has 4 nitrogen and oxygen atoms in total. The Morgan fingerprint density at radius 3 is 2.57 bits per heavy atom. The van der Waals surface area contributed by atoms with Crippen molar-refractivity contribution >= 4 is 17.4 Å². The van der Waals surface area contributed by atoms with Crippen LogP contribution in [0.25, 0.3) is 11.3 Å². The number of rotatable bonds is 4. The van der Waals surface area contributed by atoms with E-state index >= 15 is 0 Å². The summed E-state index contributed by atoms with van der Waals surface area (Å²) in [6.45, 7) is 0.467. The molecule has 0 spiro atoms. The van der Waals surface area contributed by atoms with Crippen molar-refractivity contribution < 1.29 is 9.26 Å². The molecule has 0 atom stereocenters. The molecule has 0 saturated heterocycles. The number of hydrogen-bond acceptors (Lipinski definition) is 4. The number of nitrogens with zero attached hydrogens (tertiary/aromatic N) is 1. The van der Waals surface area contributed by atoms with Crippen LogP contribution in [0.4, 0.5) is 5.82 Å². The number of aromatic nitrogens is 1. The van der Waals surface area contributed by atoms with Gasteiger partial charge in [-0.3, -0.25) is 0 Å². The van der Waals surface area contributed by atoms with E-state index in [1.165, 1.54) is 0 Å². The highest BCUT2D eigenvalue weighted by Crippen LogP contribution is 2.31. The van der Waals surface area contributed by atoms with Crippen molar-refractivity contribution in [3.63, 3.8) is 0 Å². The second-order valence-electron chi connectivity index (χ2n) is 4.54. The zero-order valence-electron chi connectivity index (χ0n) is 11.1. The number of anilines is 1. The first-order valence-corrected chi connectivity index (χ1v) is 6.79.